The van der Waals surface area contributed by atoms with E-state index in [1.54, 1.807) is 0 Å². The topological polar surface area (TPSA) is 56.8 Å². The lowest BCUT2D eigenvalue weighted by Crippen LogP contribution is -2.41. The molecule has 1 heterocycles. The number of alkyl carbamates (subject to hydrolysis) is 1. The van der Waals surface area contributed by atoms with Crippen molar-refractivity contribution in [2.45, 2.75) is 45.5 Å². The number of carbonyl (C=O) groups is 1. The van der Waals surface area contributed by atoms with E-state index in [9.17, 15) is 4.79 Å². The maximum Gasteiger partial charge on any atom is 0.494 e. The second-order valence-electron chi connectivity index (χ2n) is 6.52. The fraction of sp³-hybridized carbons (Fsp3) is 0.562. The van der Waals surface area contributed by atoms with Gasteiger partial charge in [0.2, 0.25) is 0 Å². The van der Waals surface area contributed by atoms with Gasteiger partial charge >= 0.3 is 13.2 Å². The molecule has 0 bridgehead atoms. The summed E-state index contributed by atoms with van der Waals surface area (Å²) in [5.41, 5.74) is 1.16. The minimum Gasteiger partial charge on any atom is -0.445 e. The molecule has 1 N–H and O–H groups in total. The van der Waals surface area contributed by atoms with Gasteiger partial charge < -0.3 is 19.4 Å². The molecule has 1 aromatic rings. The molecular weight excluding hydrogens is 361 g/mol. The predicted molar refractivity (Wildman–Crippen MR) is 94.1 cm³/mol. The average Bonchev–Trinajstić information content (AvgIpc) is 2.72. The van der Waals surface area contributed by atoms with Gasteiger partial charge in [-0.3, -0.25) is 0 Å². The van der Waals surface area contributed by atoms with Gasteiger partial charge in [-0.1, -0.05) is 40.2 Å². The first-order valence-electron chi connectivity index (χ1n) is 7.66. The molecule has 0 unspecified atom stereocenters. The summed E-state index contributed by atoms with van der Waals surface area (Å²) in [5, 5.41) is 3.33. The summed E-state index contributed by atoms with van der Waals surface area (Å²) in [6.07, 6.45) is -0.417. The van der Waals surface area contributed by atoms with Crippen LogP contribution in [0.25, 0.3) is 0 Å². The minimum atomic E-state index is -0.417. The predicted octanol–water partition coefficient (Wildman–Crippen LogP) is 2.61. The van der Waals surface area contributed by atoms with E-state index in [-0.39, 0.29) is 24.9 Å². The molecule has 1 aromatic carbocycles. The van der Waals surface area contributed by atoms with Crippen LogP contribution in [0.2, 0.25) is 0 Å². The summed E-state index contributed by atoms with van der Waals surface area (Å²) in [6.45, 7) is 8.89. The van der Waals surface area contributed by atoms with Gasteiger partial charge in [-0.25, -0.2) is 4.79 Å². The number of amides is 1. The third-order valence-corrected chi connectivity index (χ3v) is 4.64. The molecule has 0 radical (unpaired) electrons. The molecule has 0 aromatic heterocycles. The Morgan fingerprint density at radius 3 is 2.26 bits per heavy atom. The monoisotopic (exact) mass is 383 g/mol. The normalized spacial score (nSPS) is 18.7. The fourth-order valence-electron chi connectivity index (χ4n) is 2.10. The number of benzene rings is 1. The Hall–Kier alpha value is -1.05. The zero-order valence-electron chi connectivity index (χ0n) is 14.0. The van der Waals surface area contributed by atoms with Gasteiger partial charge in [0.25, 0.3) is 0 Å². The van der Waals surface area contributed by atoms with Gasteiger partial charge in [0, 0.05) is 11.9 Å². The van der Waals surface area contributed by atoms with Crippen molar-refractivity contribution in [1.82, 2.24) is 5.32 Å². The highest BCUT2D eigenvalue weighted by molar-refractivity contribution is 9.09. The van der Waals surface area contributed by atoms with Crippen LogP contribution >= 0.6 is 15.9 Å². The van der Waals surface area contributed by atoms with Crippen LogP contribution in [0.5, 0.6) is 0 Å². The first-order valence-corrected chi connectivity index (χ1v) is 8.78. The van der Waals surface area contributed by atoms with E-state index >= 15 is 0 Å². The lowest BCUT2D eigenvalue weighted by Gasteiger charge is -2.32. The number of ether oxygens (including phenoxy) is 1. The standard InChI is InChI=1S/C16H23BBrNO4/c1-15(2)16(3,4)23-17(22-15)13-7-5-12(6-8-13)11-21-14(20)19-10-9-18/h5-8H,9-11H2,1-4H3,(H,19,20). The van der Waals surface area contributed by atoms with Crippen molar-refractivity contribution in [3.63, 3.8) is 0 Å². The van der Waals surface area contributed by atoms with Gasteiger partial charge in [0.05, 0.1) is 11.2 Å². The van der Waals surface area contributed by atoms with Crippen LogP contribution in [-0.2, 0) is 20.7 Å². The van der Waals surface area contributed by atoms with Crippen molar-refractivity contribution in [1.29, 1.82) is 0 Å². The molecule has 1 aliphatic heterocycles. The molecule has 126 valence electrons. The Morgan fingerprint density at radius 2 is 1.74 bits per heavy atom. The molecular formula is C16H23BBrNO4. The quantitative estimate of drug-likeness (QED) is 0.627. The first-order chi connectivity index (χ1) is 10.7. The zero-order valence-corrected chi connectivity index (χ0v) is 15.6. The van der Waals surface area contributed by atoms with Crippen LogP contribution in [0.3, 0.4) is 0 Å². The number of nitrogens with one attached hydrogen (secondary N) is 1. The van der Waals surface area contributed by atoms with Gasteiger partial charge in [-0.15, -0.1) is 0 Å². The molecule has 1 saturated heterocycles. The number of alkyl halides is 1. The summed E-state index contributed by atoms with van der Waals surface area (Å²) in [7, 11) is -0.378. The van der Waals surface area contributed by atoms with Crippen molar-refractivity contribution in [2.75, 3.05) is 11.9 Å². The van der Waals surface area contributed by atoms with Crippen LogP contribution in [-0.4, -0.2) is 36.3 Å². The molecule has 0 atom stereocenters. The summed E-state index contributed by atoms with van der Waals surface area (Å²) in [5.74, 6) is 0. The summed E-state index contributed by atoms with van der Waals surface area (Å²) in [6, 6.07) is 7.71. The van der Waals surface area contributed by atoms with Gasteiger partial charge in [-0.2, -0.15) is 0 Å². The maximum absolute atomic E-state index is 11.4. The average molecular weight is 384 g/mol. The molecule has 0 spiro atoms. The molecule has 0 saturated carbocycles. The van der Waals surface area contributed by atoms with Crippen molar-refractivity contribution >= 4 is 34.6 Å². The number of hydrogen-bond acceptors (Lipinski definition) is 4. The zero-order chi connectivity index (χ0) is 17.1. The SMILES string of the molecule is CC1(C)OB(c2ccc(COC(=O)NCCBr)cc2)OC1(C)C. The van der Waals surface area contributed by atoms with Crippen LogP contribution in [0, 0.1) is 0 Å². The smallest absolute Gasteiger partial charge is 0.445 e. The van der Waals surface area contributed by atoms with Gasteiger partial charge in [0.1, 0.15) is 6.61 Å². The second kappa shape index (κ2) is 7.24. The Labute approximate surface area is 146 Å². The molecule has 2 rings (SSSR count). The van der Waals surface area contributed by atoms with Crippen molar-refractivity contribution in [3.8, 4) is 0 Å². The summed E-state index contributed by atoms with van der Waals surface area (Å²) < 4.78 is 17.1. The Morgan fingerprint density at radius 1 is 1.17 bits per heavy atom. The van der Waals surface area contributed by atoms with Gasteiger partial charge in [0.15, 0.2) is 0 Å². The lowest BCUT2D eigenvalue weighted by molar-refractivity contribution is 0.00578. The summed E-state index contributed by atoms with van der Waals surface area (Å²) >= 11 is 3.24. The molecule has 23 heavy (non-hydrogen) atoms. The second-order valence-corrected chi connectivity index (χ2v) is 7.31. The molecule has 1 aliphatic rings. The maximum atomic E-state index is 11.4. The molecule has 1 fully saturated rings. The lowest BCUT2D eigenvalue weighted by atomic mass is 9.79. The van der Waals surface area contributed by atoms with Crippen LogP contribution in [0.1, 0.15) is 33.3 Å². The molecule has 5 nitrogen and oxygen atoms in total. The number of carbonyl (C=O) groups excluding carboxylic acids is 1. The van der Waals surface area contributed by atoms with E-state index < -0.39 is 6.09 Å². The third-order valence-electron chi connectivity index (χ3n) is 4.24. The van der Waals surface area contributed by atoms with E-state index in [2.05, 4.69) is 21.2 Å². The molecule has 0 aliphatic carbocycles. The van der Waals surface area contributed by atoms with Crippen molar-refractivity contribution in [2.24, 2.45) is 0 Å². The summed E-state index contributed by atoms with van der Waals surface area (Å²) in [4.78, 5) is 11.4. The van der Waals surface area contributed by atoms with Crippen LogP contribution in [0.15, 0.2) is 24.3 Å². The highest BCUT2D eigenvalue weighted by Crippen LogP contribution is 2.36. The van der Waals surface area contributed by atoms with Crippen molar-refractivity contribution < 1.29 is 18.8 Å². The third kappa shape index (κ3) is 4.49. The first kappa shape index (κ1) is 18.3. The number of hydrogen-bond donors (Lipinski definition) is 1. The van der Waals surface area contributed by atoms with E-state index in [4.69, 9.17) is 14.0 Å². The molecule has 7 heteroatoms. The minimum absolute atomic E-state index is 0.234. The van der Waals surface area contributed by atoms with E-state index in [0.29, 0.717) is 11.9 Å². The van der Waals surface area contributed by atoms with E-state index in [0.717, 1.165) is 11.0 Å². The fourth-order valence-corrected chi connectivity index (χ4v) is 2.30. The highest BCUT2D eigenvalue weighted by atomic mass is 79.9. The highest BCUT2D eigenvalue weighted by Gasteiger charge is 2.51. The molecule has 1 amide bonds. The van der Waals surface area contributed by atoms with Crippen LogP contribution < -0.4 is 10.8 Å². The number of halogens is 1. The van der Waals surface area contributed by atoms with E-state index in [1.807, 2.05) is 52.0 Å². The number of rotatable bonds is 5. The Kier molecular flexibility index (Phi) is 5.76. The van der Waals surface area contributed by atoms with Crippen molar-refractivity contribution in [3.05, 3.63) is 29.8 Å². The van der Waals surface area contributed by atoms with Crippen LogP contribution in [0.4, 0.5) is 4.79 Å². The van der Waals surface area contributed by atoms with E-state index in [1.165, 1.54) is 0 Å². The Bertz CT molecular complexity index is 532. The Balaban J connectivity index is 1.92. The van der Waals surface area contributed by atoms with Gasteiger partial charge in [-0.05, 0) is 38.7 Å². The largest absolute Gasteiger partial charge is 0.494 e.